The Hall–Kier alpha value is -9.24. The highest BCUT2D eigenvalue weighted by Gasteiger charge is 2.52. The average Bonchev–Trinajstić information content (AvgIpc) is 3.93. The summed E-state index contributed by atoms with van der Waals surface area (Å²) in [7, 11) is 0. The fourth-order valence-electron chi connectivity index (χ4n) is 12.7. The maximum absolute atomic E-state index is 5.57. The molecule has 13 aromatic rings. The fraction of sp³-hybridized carbons (Fsp3) is 0.0145. The minimum absolute atomic E-state index is 0.534. The summed E-state index contributed by atoms with van der Waals surface area (Å²) in [6.45, 7) is 0. The molecule has 0 aliphatic heterocycles. The SMILES string of the molecule is c1ccc(-c2nc(-c3cccc4c3C3(c5ccccc5-c5ccccc53)c3ccccc3-4)cc(-c3ccc(-c4c5ccccc5c(-c5ccccc5)c5ccc6ccccc6c45)c4ccccc34)n2)cc1. The quantitative estimate of drug-likeness (QED) is 0.127. The maximum atomic E-state index is 5.57. The van der Waals surface area contributed by atoms with Crippen LogP contribution in [0.15, 0.2) is 255 Å². The van der Waals surface area contributed by atoms with Crippen LogP contribution in [0.25, 0.3) is 122 Å². The van der Waals surface area contributed by atoms with Crippen molar-refractivity contribution in [1.82, 2.24) is 9.97 Å². The zero-order valence-electron chi connectivity index (χ0n) is 38.6. The van der Waals surface area contributed by atoms with E-state index in [9.17, 15) is 0 Å². The van der Waals surface area contributed by atoms with Crippen LogP contribution in [-0.4, -0.2) is 9.97 Å². The van der Waals surface area contributed by atoms with Crippen molar-refractivity contribution in [2.45, 2.75) is 5.41 Å². The van der Waals surface area contributed by atoms with Gasteiger partial charge in [-0.05, 0) is 116 Å². The largest absolute Gasteiger partial charge is 0.228 e. The summed E-state index contributed by atoms with van der Waals surface area (Å²) in [6.07, 6.45) is 0. The lowest BCUT2D eigenvalue weighted by atomic mass is 9.69. The van der Waals surface area contributed by atoms with Gasteiger partial charge in [0.25, 0.3) is 0 Å². The molecule has 12 aromatic carbocycles. The molecule has 1 heterocycles. The molecule has 71 heavy (non-hydrogen) atoms. The number of hydrogen-bond acceptors (Lipinski definition) is 2. The van der Waals surface area contributed by atoms with E-state index in [-0.39, 0.29) is 0 Å². The van der Waals surface area contributed by atoms with Crippen molar-refractivity contribution in [1.29, 1.82) is 0 Å². The van der Waals surface area contributed by atoms with Crippen LogP contribution >= 0.6 is 0 Å². The molecular formula is C69H42N2. The van der Waals surface area contributed by atoms with Crippen molar-refractivity contribution < 1.29 is 0 Å². The molecule has 0 N–H and O–H groups in total. The Labute approximate surface area is 411 Å². The Balaban J connectivity index is 1.01. The van der Waals surface area contributed by atoms with Gasteiger partial charge in [0.05, 0.1) is 16.8 Å². The molecule has 0 saturated heterocycles. The lowest BCUT2D eigenvalue weighted by Crippen LogP contribution is -2.26. The van der Waals surface area contributed by atoms with Gasteiger partial charge in [-0.2, -0.15) is 0 Å². The molecule has 328 valence electrons. The molecule has 0 amide bonds. The van der Waals surface area contributed by atoms with Gasteiger partial charge >= 0.3 is 0 Å². The predicted molar refractivity (Wildman–Crippen MR) is 296 cm³/mol. The molecule has 2 aliphatic rings. The second kappa shape index (κ2) is 15.4. The Bertz CT molecular complexity index is 4280. The van der Waals surface area contributed by atoms with Crippen LogP contribution in [0, 0.1) is 0 Å². The molecule has 2 nitrogen and oxygen atoms in total. The van der Waals surface area contributed by atoms with E-state index >= 15 is 0 Å². The lowest BCUT2D eigenvalue weighted by Gasteiger charge is -2.32. The van der Waals surface area contributed by atoms with E-state index in [2.05, 4.69) is 255 Å². The molecule has 2 aliphatic carbocycles. The molecule has 0 fully saturated rings. The second-order valence-corrected chi connectivity index (χ2v) is 19.0. The Morgan fingerprint density at radius 2 is 0.732 bits per heavy atom. The van der Waals surface area contributed by atoms with E-state index in [1.54, 1.807) is 0 Å². The van der Waals surface area contributed by atoms with Crippen LogP contribution in [-0.2, 0) is 5.41 Å². The number of aromatic nitrogens is 2. The molecule has 15 rings (SSSR count). The van der Waals surface area contributed by atoms with Gasteiger partial charge in [0.2, 0.25) is 0 Å². The molecule has 0 unspecified atom stereocenters. The van der Waals surface area contributed by atoms with Crippen LogP contribution in [0.3, 0.4) is 0 Å². The summed E-state index contributed by atoms with van der Waals surface area (Å²) >= 11 is 0. The topological polar surface area (TPSA) is 25.8 Å². The van der Waals surface area contributed by atoms with Crippen molar-refractivity contribution in [3.63, 3.8) is 0 Å². The van der Waals surface area contributed by atoms with Crippen LogP contribution in [0.5, 0.6) is 0 Å². The van der Waals surface area contributed by atoms with Gasteiger partial charge in [-0.25, -0.2) is 9.97 Å². The smallest absolute Gasteiger partial charge is 0.160 e. The van der Waals surface area contributed by atoms with E-state index in [1.807, 2.05) is 0 Å². The van der Waals surface area contributed by atoms with E-state index < -0.39 is 5.41 Å². The van der Waals surface area contributed by atoms with E-state index in [0.29, 0.717) is 5.82 Å². The van der Waals surface area contributed by atoms with Gasteiger partial charge in [0, 0.05) is 16.7 Å². The zero-order valence-corrected chi connectivity index (χ0v) is 38.6. The summed E-state index contributed by atoms with van der Waals surface area (Å²) in [5, 5.41) is 9.75. The van der Waals surface area contributed by atoms with Gasteiger partial charge in [-0.3, -0.25) is 0 Å². The Kier molecular flexibility index (Phi) is 8.61. The standard InChI is InChI=1S/C69H42N2/c1-3-21-44(22-4-1)64-53-31-11-12-32-54(53)66(65-46-25-8-7-20-43(46)38-39-58(64)65)55-41-40-52(47-26-9-10-27-48(47)55)62-42-63(71-68(70-62)45-23-5-2-6-24-45)57-34-19-33-56-51-30-15-18-37-61(51)69(67(56)57)59-35-16-13-28-49(59)50-29-14-17-36-60(50)69/h1-42H. The highest BCUT2D eigenvalue weighted by molar-refractivity contribution is 6.29. The molecule has 1 spiro atoms. The number of nitrogens with zero attached hydrogens (tertiary/aromatic N) is 2. The van der Waals surface area contributed by atoms with Gasteiger partial charge in [-0.15, -0.1) is 0 Å². The summed E-state index contributed by atoms with van der Waals surface area (Å²) in [5.74, 6) is 0.695. The van der Waals surface area contributed by atoms with Crippen molar-refractivity contribution >= 4 is 43.1 Å². The van der Waals surface area contributed by atoms with Crippen LogP contribution in [0.1, 0.15) is 22.3 Å². The van der Waals surface area contributed by atoms with Gasteiger partial charge in [0.1, 0.15) is 0 Å². The summed E-state index contributed by atoms with van der Waals surface area (Å²) in [5.41, 5.74) is 19.6. The number of rotatable bonds is 5. The molecule has 0 atom stereocenters. The third kappa shape index (κ3) is 5.65. The summed E-state index contributed by atoms with van der Waals surface area (Å²) < 4.78 is 0. The summed E-state index contributed by atoms with van der Waals surface area (Å²) in [6, 6.07) is 93.5. The van der Waals surface area contributed by atoms with Crippen molar-refractivity contribution in [3.8, 4) is 78.4 Å². The predicted octanol–water partition coefficient (Wildman–Crippen LogP) is 17.8. The molecule has 1 aromatic heterocycles. The van der Waals surface area contributed by atoms with Crippen LogP contribution < -0.4 is 0 Å². The van der Waals surface area contributed by atoms with Crippen LogP contribution in [0.2, 0.25) is 0 Å². The van der Waals surface area contributed by atoms with Crippen molar-refractivity contribution in [2.24, 2.45) is 0 Å². The zero-order chi connectivity index (χ0) is 46.6. The number of benzene rings is 12. The third-order valence-electron chi connectivity index (χ3n) is 15.5. The first-order valence-corrected chi connectivity index (χ1v) is 24.6. The second-order valence-electron chi connectivity index (χ2n) is 19.0. The molecule has 0 radical (unpaired) electrons. The first kappa shape index (κ1) is 39.7. The maximum Gasteiger partial charge on any atom is 0.160 e. The van der Waals surface area contributed by atoms with Crippen LogP contribution in [0.4, 0.5) is 0 Å². The van der Waals surface area contributed by atoms with E-state index in [1.165, 1.54) is 104 Å². The first-order chi connectivity index (χ1) is 35.3. The van der Waals surface area contributed by atoms with Crippen molar-refractivity contribution in [3.05, 3.63) is 277 Å². The monoisotopic (exact) mass is 898 g/mol. The van der Waals surface area contributed by atoms with E-state index in [0.717, 1.165) is 33.5 Å². The molecule has 0 saturated carbocycles. The fourth-order valence-corrected chi connectivity index (χ4v) is 12.7. The highest BCUT2D eigenvalue weighted by atomic mass is 14.9. The van der Waals surface area contributed by atoms with Gasteiger partial charge < -0.3 is 0 Å². The van der Waals surface area contributed by atoms with Gasteiger partial charge in [-0.1, -0.05) is 249 Å². The van der Waals surface area contributed by atoms with E-state index in [4.69, 9.17) is 9.97 Å². The average molecular weight is 899 g/mol. The molecular weight excluding hydrogens is 857 g/mol. The molecule has 0 bridgehead atoms. The normalized spacial score (nSPS) is 12.9. The number of fused-ring (bicyclic) bond motifs is 15. The first-order valence-electron chi connectivity index (χ1n) is 24.6. The molecule has 2 heteroatoms. The Morgan fingerprint density at radius 1 is 0.268 bits per heavy atom. The number of hydrogen-bond donors (Lipinski definition) is 0. The minimum Gasteiger partial charge on any atom is -0.228 e. The van der Waals surface area contributed by atoms with Crippen molar-refractivity contribution in [2.75, 3.05) is 0 Å². The Morgan fingerprint density at radius 3 is 1.39 bits per heavy atom. The summed E-state index contributed by atoms with van der Waals surface area (Å²) in [4.78, 5) is 11.1. The van der Waals surface area contributed by atoms with Gasteiger partial charge in [0.15, 0.2) is 5.82 Å². The third-order valence-corrected chi connectivity index (χ3v) is 15.5. The minimum atomic E-state index is -0.534. The highest BCUT2D eigenvalue weighted by Crippen LogP contribution is 2.64. The lowest BCUT2D eigenvalue weighted by molar-refractivity contribution is 0.795.